The first-order valence-electron chi connectivity index (χ1n) is 8.45. The monoisotopic (exact) mass is 360 g/mol. The van der Waals surface area contributed by atoms with Crippen LogP contribution >= 0.6 is 0 Å². The summed E-state index contributed by atoms with van der Waals surface area (Å²) in [6.07, 6.45) is 0. The summed E-state index contributed by atoms with van der Waals surface area (Å²) in [4.78, 5) is 0. The average Bonchev–Trinajstić information content (AvgIpc) is 2.64. The largest absolute Gasteiger partial charge is 0.493 e. The summed E-state index contributed by atoms with van der Waals surface area (Å²) in [5.74, 6) is 3.09. The SMILES string of the molecule is COc1cc(OC)c(OC)c(COc2ccccc2C(C)(C)C)c1OC. The highest BCUT2D eigenvalue weighted by Crippen LogP contribution is 2.45. The molecular formula is C21H28O5. The van der Waals surface area contributed by atoms with E-state index in [1.54, 1.807) is 34.5 Å². The molecule has 142 valence electrons. The third kappa shape index (κ3) is 3.98. The van der Waals surface area contributed by atoms with Crippen molar-refractivity contribution in [3.63, 3.8) is 0 Å². The Morgan fingerprint density at radius 3 is 1.73 bits per heavy atom. The van der Waals surface area contributed by atoms with Crippen LogP contribution in [0.15, 0.2) is 30.3 Å². The number of para-hydroxylation sites is 1. The van der Waals surface area contributed by atoms with E-state index in [0.717, 1.165) is 16.9 Å². The molecule has 26 heavy (non-hydrogen) atoms. The van der Waals surface area contributed by atoms with Gasteiger partial charge in [0.15, 0.2) is 23.0 Å². The van der Waals surface area contributed by atoms with Crippen LogP contribution in [0.2, 0.25) is 0 Å². The number of ether oxygens (including phenoxy) is 5. The molecule has 0 aliphatic heterocycles. The normalized spacial score (nSPS) is 11.0. The van der Waals surface area contributed by atoms with Gasteiger partial charge in [0.2, 0.25) is 0 Å². The van der Waals surface area contributed by atoms with Gasteiger partial charge in [0, 0.05) is 6.07 Å². The molecule has 0 fully saturated rings. The first kappa shape index (κ1) is 19.8. The minimum absolute atomic E-state index is 0.0309. The smallest absolute Gasteiger partial charge is 0.171 e. The van der Waals surface area contributed by atoms with Crippen molar-refractivity contribution in [2.24, 2.45) is 0 Å². The van der Waals surface area contributed by atoms with E-state index in [0.29, 0.717) is 23.0 Å². The lowest BCUT2D eigenvalue weighted by Gasteiger charge is -2.24. The molecule has 0 spiro atoms. The molecule has 0 N–H and O–H groups in total. The first-order chi connectivity index (χ1) is 12.4. The Morgan fingerprint density at radius 1 is 0.731 bits per heavy atom. The first-order valence-corrected chi connectivity index (χ1v) is 8.45. The van der Waals surface area contributed by atoms with Crippen molar-refractivity contribution in [1.82, 2.24) is 0 Å². The lowest BCUT2D eigenvalue weighted by atomic mass is 9.86. The Balaban J connectivity index is 2.47. The average molecular weight is 360 g/mol. The fourth-order valence-corrected chi connectivity index (χ4v) is 2.89. The van der Waals surface area contributed by atoms with E-state index in [2.05, 4.69) is 26.8 Å². The van der Waals surface area contributed by atoms with Crippen LogP contribution in [0, 0.1) is 0 Å². The molecule has 0 saturated heterocycles. The highest BCUT2D eigenvalue weighted by atomic mass is 16.5. The van der Waals surface area contributed by atoms with Gasteiger partial charge in [-0.2, -0.15) is 0 Å². The van der Waals surface area contributed by atoms with E-state index >= 15 is 0 Å². The minimum Gasteiger partial charge on any atom is -0.493 e. The van der Waals surface area contributed by atoms with Gasteiger partial charge in [-0.05, 0) is 17.0 Å². The van der Waals surface area contributed by atoms with Crippen LogP contribution in [0.25, 0.3) is 0 Å². The second-order valence-corrected chi connectivity index (χ2v) is 6.86. The minimum atomic E-state index is -0.0309. The zero-order valence-electron chi connectivity index (χ0n) is 16.6. The molecule has 2 aromatic rings. The third-order valence-electron chi connectivity index (χ3n) is 4.17. The van der Waals surface area contributed by atoms with Crippen molar-refractivity contribution in [2.75, 3.05) is 28.4 Å². The number of methoxy groups -OCH3 is 4. The maximum atomic E-state index is 6.16. The van der Waals surface area contributed by atoms with Crippen molar-refractivity contribution in [3.05, 3.63) is 41.5 Å². The van der Waals surface area contributed by atoms with Gasteiger partial charge in [-0.1, -0.05) is 39.0 Å². The highest BCUT2D eigenvalue weighted by Gasteiger charge is 2.23. The summed E-state index contributed by atoms with van der Waals surface area (Å²) in [5, 5.41) is 0. The Bertz CT molecular complexity index is 717. The number of hydrogen-bond donors (Lipinski definition) is 0. The molecule has 2 aromatic carbocycles. The maximum absolute atomic E-state index is 6.16. The summed E-state index contributed by atoms with van der Waals surface area (Å²) >= 11 is 0. The van der Waals surface area contributed by atoms with Gasteiger partial charge in [-0.15, -0.1) is 0 Å². The summed E-state index contributed by atoms with van der Waals surface area (Å²) in [6.45, 7) is 6.73. The standard InChI is InChI=1S/C21H28O5/c1-21(2,3)15-10-8-9-11-16(15)26-13-14-19(24-6)17(22-4)12-18(23-5)20(14)25-7/h8-12H,13H2,1-7H3. The summed E-state index contributed by atoms with van der Waals surface area (Å²) in [6, 6.07) is 9.77. The zero-order valence-corrected chi connectivity index (χ0v) is 16.6. The van der Waals surface area contributed by atoms with Gasteiger partial charge in [0.05, 0.1) is 34.0 Å². The van der Waals surface area contributed by atoms with E-state index in [1.807, 2.05) is 18.2 Å². The van der Waals surface area contributed by atoms with Gasteiger partial charge in [0.25, 0.3) is 0 Å². The summed E-state index contributed by atoms with van der Waals surface area (Å²) in [7, 11) is 6.36. The van der Waals surface area contributed by atoms with E-state index < -0.39 is 0 Å². The predicted molar refractivity (Wildman–Crippen MR) is 102 cm³/mol. The Kier molecular flexibility index (Phi) is 6.24. The molecule has 0 radical (unpaired) electrons. The van der Waals surface area contributed by atoms with Gasteiger partial charge in [-0.3, -0.25) is 0 Å². The second kappa shape index (κ2) is 8.21. The lowest BCUT2D eigenvalue weighted by Crippen LogP contribution is -2.13. The van der Waals surface area contributed by atoms with Crippen LogP contribution in [0.1, 0.15) is 31.9 Å². The van der Waals surface area contributed by atoms with Gasteiger partial charge in [-0.25, -0.2) is 0 Å². The van der Waals surface area contributed by atoms with Crippen molar-refractivity contribution in [1.29, 1.82) is 0 Å². The molecule has 5 heteroatoms. The molecule has 0 aliphatic carbocycles. The van der Waals surface area contributed by atoms with Crippen LogP contribution in [0.3, 0.4) is 0 Å². The number of benzene rings is 2. The Hall–Kier alpha value is -2.56. The van der Waals surface area contributed by atoms with Crippen LogP contribution in [0.4, 0.5) is 0 Å². The molecule has 0 amide bonds. The van der Waals surface area contributed by atoms with Crippen LogP contribution < -0.4 is 23.7 Å². The van der Waals surface area contributed by atoms with E-state index in [-0.39, 0.29) is 12.0 Å². The lowest BCUT2D eigenvalue weighted by molar-refractivity contribution is 0.269. The molecule has 5 nitrogen and oxygen atoms in total. The fraction of sp³-hybridized carbons (Fsp3) is 0.429. The second-order valence-electron chi connectivity index (χ2n) is 6.86. The van der Waals surface area contributed by atoms with Crippen molar-refractivity contribution in [3.8, 4) is 28.7 Å². The van der Waals surface area contributed by atoms with Crippen LogP contribution in [-0.4, -0.2) is 28.4 Å². The van der Waals surface area contributed by atoms with Crippen molar-refractivity contribution >= 4 is 0 Å². The van der Waals surface area contributed by atoms with Gasteiger partial charge >= 0.3 is 0 Å². The van der Waals surface area contributed by atoms with E-state index in [9.17, 15) is 0 Å². The molecule has 0 heterocycles. The number of rotatable bonds is 7. The summed E-state index contributed by atoms with van der Waals surface area (Å²) < 4.78 is 28.1. The fourth-order valence-electron chi connectivity index (χ4n) is 2.89. The van der Waals surface area contributed by atoms with Crippen molar-refractivity contribution < 1.29 is 23.7 Å². The molecule has 0 unspecified atom stereocenters. The summed E-state index contributed by atoms with van der Waals surface area (Å²) in [5.41, 5.74) is 1.83. The highest BCUT2D eigenvalue weighted by molar-refractivity contribution is 5.61. The van der Waals surface area contributed by atoms with Gasteiger partial charge < -0.3 is 23.7 Å². The molecule has 0 saturated carbocycles. The maximum Gasteiger partial charge on any atom is 0.171 e. The topological polar surface area (TPSA) is 46.2 Å². The Morgan fingerprint density at radius 2 is 1.27 bits per heavy atom. The molecule has 0 atom stereocenters. The van der Waals surface area contributed by atoms with Crippen LogP contribution in [-0.2, 0) is 12.0 Å². The molecule has 0 bridgehead atoms. The van der Waals surface area contributed by atoms with Gasteiger partial charge in [0.1, 0.15) is 12.4 Å². The molecule has 0 aliphatic rings. The van der Waals surface area contributed by atoms with E-state index in [1.165, 1.54) is 0 Å². The molecule has 0 aromatic heterocycles. The Labute approximate surface area is 155 Å². The zero-order chi connectivity index (χ0) is 19.3. The number of hydrogen-bond acceptors (Lipinski definition) is 5. The van der Waals surface area contributed by atoms with Crippen molar-refractivity contribution in [2.45, 2.75) is 32.8 Å². The van der Waals surface area contributed by atoms with E-state index in [4.69, 9.17) is 23.7 Å². The van der Waals surface area contributed by atoms with Crippen LogP contribution in [0.5, 0.6) is 28.7 Å². The third-order valence-corrected chi connectivity index (χ3v) is 4.17. The molecule has 2 rings (SSSR count). The predicted octanol–water partition coefficient (Wildman–Crippen LogP) is 4.60. The molecular weight excluding hydrogens is 332 g/mol. The quantitative estimate of drug-likeness (QED) is 0.722.